The van der Waals surface area contributed by atoms with E-state index in [4.69, 9.17) is 5.73 Å². The minimum Gasteiger partial charge on any atom is -0.322 e. The maximum absolute atomic E-state index is 12.9. The number of thiazole rings is 1. The van der Waals surface area contributed by atoms with E-state index < -0.39 is 0 Å². The Kier molecular flexibility index (Phi) is 2.92. The van der Waals surface area contributed by atoms with E-state index in [0.29, 0.717) is 5.92 Å². The van der Waals surface area contributed by atoms with Gasteiger partial charge in [-0.15, -0.1) is 11.3 Å². The zero-order valence-corrected chi connectivity index (χ0v) is 11.0. The summed E-state index contributed by atoms with van der Waals surface area (Å²) in [6.07, 6.45) is 2.43. The van der Waals surface area contributed by atoms with Crippen molar-refractivity contribution < 1.29 is 4.39 Å². The molecule has 0 amide bonds. The Bertz CT molecular complexity index is 558. The molecule has 0 radical (unpaired) electrons. The summed E-state index contributed by atoms with van der Waals surface area (Å²) in [6.45, 7) is 2.04. The molecule has 1 fully saturated rings. The molecule has 1 aromatic heterocycles. The maximum Gasteiger partial charge on any atom is 0.123 e. The van der Waals surface area contributed by atoms with Gasteiger partial charge in [-0.25, -0.2) is 9.37 Å². The van der Waals surface area contributed by atoms with Gasteiger partial charge >= 0.3 is 0 Å². The number of hydrogen-bond acceptors (Lipinski definition) is 3. The highest BCUT2D eigenvalue weighted by Crippen LogP contribution is 2.42. The second-order valence-corrected chi connectivity index (χ2v) is 6.06. The zero-order chi connectivity index (χ0) is 12.7. The lowest BCUT2D eigenvalue weighted by Gasteiger charge is -2.04. The average Bonchev–Trinajstić information content (AvgIpc) is 3.13. The molecule has 0 spiro atoms. The molecule has 2 aromatic rings. The number of hydrogen-bond donors (Lipinski definition) is 1. The van der Waals surface area contributed by atoms with Crippen molar-refractivity contribution in [3.63, 3.8) is 0 Å². The van der Waals surface area contributed by atoms with Crippen molar-refractivity contribution >= 4 is 11.3 Å². The summed E-state index contributed by atoms with van der Waals surface area (Å²) < 4.78 is 12.9. The molecule has 1 aliphatic carbocycles. The van der Waals surface area contributed by atoms with Crippen LogP contribution in [0.25, 0.3) is 11.3 Å². The molecule has 3 rings (SSSR count). The topological polar surface area (TPSA) is 38.9 Å². The molecule has 0 saturated heterocycles. The number of halogens is 1. The van der Waals surface area contributed by atoms with E-state index in [9.17, 15) is 4.39 Å². The van der Waals surface area contributed by atoms with E-state index in [-0.39, 0.29) is 11.9 Å². The Morgan fingerprint density at radius 1 is 1.33 bits per heavy atom. The normalized spacial score (nSPS) is 16.8. The zero-order valence-electron chi connectivity index (χ0n) is 10.2. The van der Waals surface area contributed by atoms with Crippen molar-refractivity contribution in [2.45, 2.75) is 25.8 Å². The van der Waals surface area contributed by atoms with Gasteiger partial charge < -0.3 is 5.73 Å². The minimum absolute atomic E-state index is 0.0721. The molecule has 94 valence electrons. The van der Waals surface area contributed by atoms with E-state index in [2.05, 4.69) is 4.98 Å². The second kappa shape index (κ2) is 4.44. The second-order valence-electron chi connectivity index (χ2n) is 4.83. The summed E-state index contributed by atoms with van der Waals surface area (Å²) in [5, 5.41) is 1.01. The van der Waals surface area contributed by atoms with Crippen LogP contribution in [-0.2, 0) is 0 Å². The van der Waals surface area contributed by atoms with Crippen LogP contribution in [0, 0.1) is 18.7 Å². The van der Waals surface area contributed by atoms with E-state index in [0.717, 1.165) is 21.1 Å². The molecular weight excluding hydrogens is 247 g/mol. The van der Waals surface area contributed by atoms with Crippen molar-refractivity contribution in [2.24, 2.45) is 11.7 Å². The van der Waals surface area contributed by atoms with Crippen LogP contribution in [0.3, 0.4) is 0 Å². The highest BCUT2D eigenvalue weighted by Gasteiger charge is 2.31. The molecular formula is C14H15FN2S. The average molecular weight is 262 g/mol. The quantitative estimate of drug-likeness (QED) is 0.916. The first-order valence-corrected chi connectivity index (χ1v) is 6.95. The van der Waals surface area contributed by atoms with Crippen LogP contribution in [-0.4, -0.2) is 4.98 Å². The van der Waals surface area contributed by atoms with Crippen LogP contribution in [0.1, 0.15) is 28.8 Å². The molecule has 1 heterocycles. The molecule has 2 N–H and O–H groups in total. The lowest BCUT2D eigenvalue weighted by molar-refractivity contribution is 0.627. The smallest absolute Gasteiger partial charge is 0.123 e. The summed E-state index contributed by atoms with van der Waals surface area (Å²) in [6, 6.07) is 6.54. The Labute approximate surface area is 110 Å². The van der Waals surface area contributed by atoms with Crippen molar-refractivity contribution in [3.8, 4) is 11.3 Å². The van der Waals surface area contributed by atoms with Crippen LogP contribution in [0.15, 0.2) is 24.3 Å². The van der Waals surface area contributed by atoms with Crippen LogP contribution >= 0.6 is 11.3 Å². The van der Waals surface area contributed by atoms with Crippen molar-refractivity contribution in [2.75, 3.05) is 0 Å². The molecule has 18 heavy (non-hydrogen) atoms. The summed E-state index contributed by atoms with van der Waals surface area (Å²) in [4.78, 5) is 5.79. The fourth-order valence-corrected chi connectivity index (χ4v) is 3.13. The number of benzene rings is 1. The van der Waals surface area contributed by atoms with Crippen molar-refractivity contribution in [1.82, 2.24) is 4.98 Å². The first-order chi connectivity index (χ1) is 8.65. The summed E-state index contributed by atoms with van der Waals surface area (Å²) in [5.41, 5.74) is 8.07. The highest BCUT2D eigenvalue weighted by atomic mass is 32.1. The van der Waals surface area contributed by atoms with Gasteiger partial charge in [0.05, 0.1) is 11.7 Å². The minimum atomic E-state index is -0.221. The molecule has 2 nitrogen and oxygen atoms in total. The maximum atomic E-state index is 12.9. The number of aryl methyl sites for hydroxylation is 1. The predicted octanol–water partition coefficient (Wildman–Crippen LogP) is 3.67. The third-order valence-electron chi connectivity index (χ3n) is 3.35. The van der Waals surface area contributed by atoms with E-state index in [1.165, 1.54) is 25.0 Å². The van der Waals surface area contributed by atoms with Crippen molar-refractivity contribution in [3.05, 3.63) is 40.0 Å². The fourth-order valence-electron chi connectivity index (χ4n) is 2.09. The van der Waals surface area contributed by atoms with Gasteiger partial charge in [0.25, 0.3) is 0 Å². The third-order valence-corrected chi connectivity index (χ3v) is 4.42. The van der Waals surface area contributed by atoms with Crippen LogP contribution < -0.4 is 5.73 Å². The largest absolute Gasteiger partial charge is 0.322 e. The van der Waals surface area contributed by atoms with E-state index in [1.54, 1.807) is 23.5 Å². The Morgan fingerprint density at radius 3 is 2.61 bits per heavy atom. The van der Waals surface area contributed by atoms with Crippen molar-refractivity contribution in [1.29, 1.82) is 0 Å². The summed E-state index contributed by atoms with van der Waals surface area (Å²) in [5.74, 6) is 0.387. The number of nitrogens with two attached hydrogens (primary N) is 1. The molecule has 1 atom stereocenters. The highest BCUT2D eigenvalue weighted by molar-refractivity contribution is 7.12. The van der Waals surface area contributed by atoms with E-state index in [1.807, 2.05) is 6.92 Å². The van der Waals surface area contributed by atoms with Gasteiger partial charge in [0, 0.05) is 10.4 Å². The standard InChI is InChI=1S/C14H15FN2S/c1-8-13(10-4-6-11(15)7-5-10)17-14(18-8)12(16)9-2-3-9/h4-7,9,12H,2-3,16H2,1H3. The molecule has 1 aliphatic rings. The number of nitrogens with zero attached hydrogens (tertiary/aromatic N) is 1. The Balaban J connectivity index is 1.94. The lowest BCUT2D eigenvalue weighted by atomic mass is 10.1. The Morgan fingerprint density at radius 2 is 2.00 bits per heavy atom. The molecule has 0 aliphatic heterocycles. The molecule has 1 saturated carbocycles. The lowest BCUT2D eigenvalue weighted by Crippen LogP contribution is -2.11. The van der Waals surface area contributed by atoms with Gasteiger partial charge in [0.1, 0.15) is 10.8 Å². The summed E-state index contributed by atoms with van der Waals surface area (Å²) >= 11 is 1.66. The molecule has 1 unspecified atom stereocenters. The van der Waals surface area contributed by atoms with E-state index >= 15 is 0 Å². The fraction of sp³-hybridized carbons (Fsp3) is 0.357. The van der Waals surface area contributed by atoms with Crippen LogP contribution in [0.2, 0.25) is 0 Å². The number of rotatable bonds is 3. The van der Waals surface area contributed by atoms with Gasteiger partial charge in [-0.1, -0.05) is 0 Å². The molecule has 0 bridgehead atoms. The van der Waals surface area contributed by atoms with Gasteiger partial charge in [-0.2, -0.15) is 0 Å². The van der Waals surface area contributed by atoms with Gasteiger partial charge in [-0.3, -0.25) is 0 Å². The van der Waals surface area contributed by atoms with Gasteiger partial charge in [0.2, 0.25) is 0 Å². The first-order valence-electron chi connectivity index (χ1n) is 6.14. The molecule has 4 heteroatoms. The first kappa shape index (κ1) is 11.8. The predicted molar refractivity (Wildman–Crippen MR) is 71.9 cm³/mol. The van der Waals surface area contributed by atoms with Gasteiger partial charge in [0.15, 0.2) is 0 Å². The summed E-state index contributed by atoms with van der Waals surface area (Å²) in [7, 11) is 0. The monoisotopic (exact) mass is 262 g/mol. The Hall–Kier alpha value is -1.26. The molecule has 1 aromatic carbocycles. The third kappa shape index (κ3) is 2.18. The van der Waals surface area contributed by atoms with Gasteiger partial charge in [-0.05, 0) is 49.9 Å². The SMILES string of the molecule is Cc1sc(C(N)C2CC2)nc1-c1ccc(F)cc1. The number of aromatic nitrogens is 1. The van der Waals surface area contributed by atoms with Crippen LogP contribution in [0.4, 0.5) is 4.39 Å². The van der Waals surface area contributed by atoms with Crippen LogP contribution in [0.5, 0.6) is 0 Å².